The van der Waals surface area contributed by atoms with Crippen molar-refractivity contribution in [2.45, 2.75) is 31.1 Å². The second-order valence-electron chi connectivity index (χ2n) is 17.3. The maximum Gasteiger partial charge on any atom is 0.145 e. The predicted octanol–water partition coefficient (Wildman–Crippen LogP) is 15.8. The topological polar surface area (TPSA) is 17.8 Å². The van der Waals surface area contributed by atoms with Crippen LogP contribution in [0.1, 0.15) is 56.5 Å². The molecule has 2 atom stereocenters. The number of thiophene rings is 1. The number of fused-ring (bicyclic) bond motifs is 10. The molecule has 2 unspecified atom stereocenters. The molecule has 0 N–H and O–H groups in total. The number of hydrogen-bond donors (Lipinski definition) is 0. The van der Waals surface area contributed by atoms with Crippen LogP contribution in [-0.2, 0) is 12.8 Å². The summed E-state index contributed by atoms with van der Waals surface area (Å²) in [5.41, 5.74) is 16.4. The molecule has 0 spiro atoms. The highest BCUT2D eigenvalue weighted by molar-refractivity contribution is 7.19. The van der Waals surface area contributed by atoms with E-state index in [9.17, 15) is 0 Å². The first-order valence-corrected chi connectivity index (χ1v) is 23.0. The first-order chi connectivity index (χ1) is 31.2. The summed E-state index contributed by atoms with van der Waals surface area (Å²) in [5.74, 6) is 1.51. The van der Waals surface area contributed by atoms with Crippen LogP contribution in [0, 0.1) is 0 Å². The van der Waals surface area contributed by atoms with E-state index in [0.717, 1.165) is 41.7 Å². The minimum atomic E-state index is 0.228. The van der Waals surface area contributed by atoms with Crippen LogP contribution in [0.5, 0.6) is 0 Å². The molecule has 0 bridgehead atoms. The van der Waals surface area contributed by atoms with Crippen molar-refractivity contribution in [1.82, 2.24) is 9.55 Å². The van der Waals surface area contributed by atoms with Crippen molar-refractivity contribution in [3.05, 3.63) is 238 Å². The lowest BCUT2D eigenvalue weighted by Crippen LogP contribution is -2.08. The van der Waals surface area contributed by atoms with E-state index in [0.29, 0.717) is 5.92 Å². The summed E-state index contributed by atoms with van der Waals surface area (Å²) in [6, 6.07) is 63.0. The number of aromatic nitrogens is 2. The van der Waals surface area contributed by atoms with Gasteiger partial charge in [-0.25, -0.2) is 4.98 Å². The molecule has 3 heteroatoms. The van der Waals surface area contributed by atoms with Gasteiger partial charge >= 0.3 is 0 Å². The Morgan fingerprint density at radius 1 is 0.540 bits per heavy atom. The number of hydrogen-bond acceptors (Lipinski definition) is 2. The molecule has 10 aromatic rings. The third-order valence-electron chi connectivity index (χ3n) is 13.7. The second kappa shape index (κ2) is 14.7. The molecule has 3 aliphatic carbocycles. The zero-order chi connectivity index (χ0) is 41.4. The van der Waals surface area contributed by atoms with Crippen molar-refractivity contribution in [2.75, 3.05) is 0 Å². The number of nitrogens with zero attached hydrogens (tertiary/aromatic N) is 2. The number of imidazole rings is 1. The summed E-state index contributed by atoms with van der Waals surface area (Å²) in [4.78, 5) is 6.69. The number of rotatable bonds is 6. The number of benzene rings is 8. The Morgan fingerprint density at radius 3 is 2.02 bits per heavy atom. The molecule has 13 rings (SSSR count). The molecule has 8 aromatic carbocycles. The van der Waals surface area contributed by atoms with Crippen LogP contribution in [0.4, 0.5) is 0 Å². The summed E-state index contributed by atoms with van der Waals surface area (Å²) in [7, 11) is 0. The SMILES string of the molecule is C1=CC(n2c(-c3cccc(C4=CC(c5cccc(-c6cccc(C7C=Cc8c(c9ccccc9c9ccccc89)C7)c6)c5)Cc5sc6ccccc6c54)c3)nc3ccccc32)=CC1. The third kappa shape index (κ3) is 6.02. The normalized spacial score (nSPS) is 16.8. The van der Waals surface area contributed by atoms with Crippen molar-refractivity contribution >= 4 is 71.3 Å². The van der Waals surface area contributed by atoms with Gasteiger partial charge in [-0.2, -0.15) is 0 Å². The third-order valence-corrected chi connectivity index (χ3v) is 14.9. The molecular formula is C60H42N2S. The maximum absolute atomic E-state index is 5.23. The molecular weight excluding hydrogens is 781 g/mol. The summed E-state index contributed by atoms with van der Waals surface area (Å²) in [5, 5.41) is 6.74. The van der Waals surface area contributed by atoms with Crippen molar-refractivity contribution in [2.24, 2.45) is 0 Å². The fraction of sp³-hybridized carbons (Fsp3) is 0.0833. The van der Waals surface area contributed by atoms with Crippen LogP contribution in [-0.4, -0.2) is 9.55 Å². The summed E-state index contributed by atoms with van der Waals surface area (Å²) in [6.07, 6.45) is 17.0. The van der Waals surface area contributed by atoms with Crippen LogP contribution < -0.4 is 0 Å². The second-order valence-corrected chi connectivity index (χ2v) is 18.4. The van der Waals surface area contributed by atoms with Gasteiger partial charge in [-0.1, -0.05) is 176 Å². The molecule has 0 saturated heterocycles. The highest BCUT2D eigenvalue weighted by atomic mass is 32.1. The molecule has 0 aliphatic heterocycles. The lowest BCUT2D eigenvalue weighted by atomic mass is 9.79. The molecule has 0 amide bonds. The average molecular weight is 823 g/mol. The van der Waals surface area contributed by atoms with E-state index in [1.807, 2.05) is 11.3 Å². The van der Waals surface area contributed by atoms with Gasteiger partial charge in [0.15, 0.2) is 0 Å². The monoisotopic (exact) mass is 822 g/mol. The number of allylic oxidation sites excluding steroid dienone is 6. The summed E-state index contributed by atoms with van der Waals surface area (Å²) < 4.78 is 3.67. The Kier molecular flexibility index (Phi) is 8.45. The van der Waals surface area contributed by atoms with E-state index in [-0.39, 0.29) is 5.92 Å². The highest BCUT2D eigenvalue weighted by Crippen LogP contribution is 2.47. The highest BCUT2D eigenvalue weighted by Gasteiger charge is 2.28. The summed E-state index contributed by atoms with van der Waals surface area (Å²) >= 11 is 1.96. The van der Waals surface area contributed by atoms with Gasteiger partial charge in [0.05, 0.1) is 11.0 Å². The van der Waals surface area contributed by atoms with Crippen molar-refractivity contribution in [1.29, 1.82) is 0 Å². The van der Waals surface area contributed by atoms with Gasteiger partial charge in [-0.15, -0.1) is 11.3 Å². The fourth-order valence-electron chi connectivity index (χ4n) is 10.7. The van der Waals surface area contributed by atoms with Gasteiger partial charge in [0.2, 0.25) is 0 Å². The lowest BCUT2D eigenvalue weighted by molar-refractivity contribution is 0.834. The lowest BCUT2D eigenvalue weighted by Gasteiger charge is -2.24. The Labute approximate surface area is 371 Å². The van der Waals surface area contributed by atoms with Gasteiger partial charge in [0.1, 0.15) is 5.82 Å². The van der Waals surface area contributed by atoms with E-state index in [4.69, 9.17) is 4.98 Å². The zero-order valence-corrected chi connectivity index (χ0v) is 35.5. The fourth-order valence-corrected chi connectivity index (χ4v) is 12.0. The first kappa shape index (κ1) is 36.3. The van der Waals surface area contributed by atoms with Crippen molar-refractivity contribution in [3.63, 3.8) is 0 Å². The van der Waals surface area contributed by atoms with Crippen LogP contribution in [0.3, 0.4) is 0 Å². The van der Waals surface area contributed by atoms with Gasteiger partial charge in [0.25, 0.3) is 0 Å². The molecule has 298 valence electrons. The van der Waals surface area contributed by atoms with E-state index in [2.05, 4.69) is 211 Å². The quantitative estimate of drug-likeness (QED) is 0.153. The largest absolute Gasteiger partial charge is 0.293 e. The van der Waals surface area contributed by atoms with E-state index in [1.165, 1.54) is 92.3 Å². The maximum atomic E-state index is 5.23. The van der Waals surface area contributed by atoms with E-state index < -0.39 is 0 Å². The molecule has 3 aliphatic rings. The molecule has 63 heavy (non-hydrogen) atoms. The van der Waals surface area contributed by atoms with Gasteiger partial charge < -0.3 is 0 Å². The predicted molar refractivity (Wildman–Crippen MR) is 267 cm³/mol. The standard InChI is InChI=1S/C60H42N2S/c1-2-21-46(20-1)62-56-28-9-8-27-55(56)61-60(62)44-19-13-18-43(34-44)53-36-45(37-58-59(53)52-26-7-10-29-57(52)63-58)41-17-12-15-39(33-41)38-14-11-16-40(32-38)42-30-31-51-49-24-4-3-22-47(49)48-23-5-6-25-50(48)54(51)35-42/h1,3-34,36,42,45H,2,35,37H2. The van der Waals surface area contributed by atoms with Crippen molar-refractivity contribution < 1.29 is 0 Å². The molecule has 2 aromatic heterocycles. The van der Waals surface area contributed by atoms with E-state index in [1.54, 1.807) is 0 Å². The van der Waals surface area contributed by atoms with Crippen LogP contribution >= 0.6 is 11.3 Å². The number of para-hydroxylation sites is 2. The van der Waals surface area contributed by atoms with Gasteiger partial charge in [-0.05, 0) is 116 Å². The molecule has 2 heterocycles. The molecule has 2 nitrogen and oxygen atoms in total. The molecule has 0 saturated carbocycles. The Bertz CT molecular complexity index is 3620. The Hall–Kier alpha value is -7.33. The van der Waals surface area contributed by atoms with Crippen LogP contribution in [0.25, 0.3) is 82.5 Å². The Balaban J connectivity index is 0.876. The average Bonchev–Trinajstić information content (AvgIpc) is 4.12. The van der Waals surface area contributed by atoms with Crippen molar-refractivity contribution in [3.8, 4) is 22.5 Å². The zero-order valence-electron chi connectivity index (χ0n) is 34.7. The first-order valence-electron chi connectivity index (χ1n) is 22.2. The van der Waals surface area contributed by atoms with E-state index >= 15 is 0 Å². The van der Waals surface area contributed by atoms with Crippen LogP contribution in [0.15, 0.2) is 200 Å². The molecule has 0 fully saturated rings. The minimum absolute atomic E-state index is 0.228. The molecule has 0 radical (unpaired) electrons. The smallest absolute Gasteiger partial charge is 0.145 e. The summed E-state index contributed by atoms with van der Waals surface area (Å²) in [6.45, 7) is 0. The van der Waals surface area contributed by atoms with Gasteiger partial charge in [-0.3, -0.25) is 4.57 Å². The minimum Gasteiger partial charge on any atom is -0.293 e. The Morgan fingerprint density at radius 2 is 1.21 bits per heavy atom. The van der Waals surface area contributed by atoms with Crippen LogP contribution in [0.2, 0.25) is 0 Å². The van der Waals surface area contributed by atoms with Gasteiger partial charge in [0, 0.05) is 43.6 Å².